The van der Waals surface area contributed by atoms with Crippen LogP contribution in [0.25, 0.3) is 11.0 Å². The molecular formula is C13H16N4O2. The molecule has 6 heteroatoms. The molecule has 2 aromatic rings. The molecule has 0 saturated heterocycles. The van der Waals surface area contributed by atoms with Gasteiger partial charge in [-0.2, -0.15) is 0 Å². The molecule has 5 N–H and O–H groups in total. The van der Waals surface area contributed by atoms with Gasteiger partial charge in [0.25, 0.3) is 0 Å². The number of benzene rings is 1. The van der Waals surface area contributed by atoms with Crippen LogP contribution in [0.4, 0.5) is 5.69 Å². The van der Waals surface area contributed by atoms with Crippen molar-refractivity contribution in [1.82, 2.24) is 9.97 Å². The Hall–Kier alpha value is -2.08. The number of hydrogen-bond donors (Lipinski definition) is 4. The SMILES string of the molecule is NCC1(C(=O)Nc2ccc3[nH]c(=O)[nH]c3c2)CCC1. The average Bonchev–Trinajstić information content (AvgIpc) is 2.67. The summed E-state index contributed by atoms with van der Waals surface area (Å²) in [5, 5.41) is 2.88. The Labute approximate surface area is 109 Å². The van der Waals surface area contributed by atoms with Crippen LogP contribution in [0.15, 0.2) is 23.0 Å². The Kier molecular flexibility index (Phi) is 2.67. The van der Waals surface area contributed by atoms with E-state index in [2.05, 4.69) is 15.3 Å². The maximum absolute atomic E-state index is 12.2. The van der Waals surface area contributed by atoms with Gasteiger partial charge in [0.1, 0.15) is 0 Å². The Morgan fingerprint density at radius 2 is 2.05 bits per heavy atom. The second-order valence-corrected chi connectivity index (χ2v) is 5.13. The topological polar surface area (TPSA) is 104 Å². The molecule has 1 heterocycles. The largest absolute Gasteiger partial charge is 0.329 e. The maximum Gasteiger partial charge on any atom is 0.323 e. The molecule has 1 aromatic carbocycles. The van der Waals surface area contributed by atoms with Crippen molar-refractivity contribution in [2.75, 3.05) is 11.9 Å². The number of hydrogen-bond acceptors (Lipinski definition) is 3. The predicted molar refractivity (Wildman–Crippen MR) is 72.9 cm³/mol. The number of fused-ring (bicyclic) bond motifs is 1. The zero-order chi connectivity index (χ0) is 13.5. The van der Waals surface area contributed by atoms with E-state index in [0.717, 1.165) is 24.8 Å². The van der Waals surface area contributed by atoms with Gasteiger partial charge >= 0.3 is 5.69 Å². The van der Waals surface area contributed by atoms with Crippen molar-refractivity contribution in [2.45, 2.75) is 19.3 Å². The first-order chi connectivity index (χ1) is 9.13. The third kappa shape index (κ3) is 1.94. The number of nitrogens with one attached hydrogen (secondary N) is 3. The molecular weight excluding hydrogens is 244 g/mol. The second-order valence-electron chi connectivity index (χ2n) is 5.13. The molecule has 1 saturated carbocycles. The van der Waals surface area contributed by atoms with Crippen LogP contribution in [-0.2, 0) is 4.79 Å². The number of aromatic nitrogens is 2. The first-order valence-electron chi connectivity index (χ1n) is 6.37. The molecule has 1 amide bonds. The number of aromatic amines is 2. The molecule has 1 fully saturated rings. The van der Waals surface area contributed by atoms with Gasteiger partial charge in [-0.15, -0.1) is 0 Å². The zero-order valence-electron chi connectivity index (χ0n) is 10.5. The van der Waals surface area contributed by atoms with Crippen LogP contribution in [0.3, 0.4) is 0 Å². The molecule has 1 aromatic heterocycles. The minimum Gasteiger partial charge on any atom is -0.329 e. The van der Waals surface area contributed by atoms with Gasteiger partial charge in [-0.3, -0.25) is 4.79 Å². The Morgan fingerprint density at radius 3 is 2.68 bits per heavy atom. The fraction of sp³-hybridized carbons (Fsp3) is 0.385. The fourth-order valence-electron chi connectivity index (χ4n) is 2.50. The molecule has 0 atom stereocenters. The quantitative estimate of drug-likeness (QED) is 0.659. The van der Waals surface area contributed by atoms with Crippen molar-refractivity contribution in [1.29, 1.82) is 0 Å². The van der Waals surface area contributed by atoms with Crippen molar-refractivity contribution >= 4 is 22.6 Å². The van der Waals surface area contributed by atoms with Crippen LogP contribution in [-0.4, -0.2) is 22.4 Å². The lowest BCUT2D eigenvalue weighted by atomic mass is 9.68. The summed E-state index contributed by atoms with van der Waals surface area (Å²) in [6, 6.07) is 5.28. The molecule has 0 radical (unpaired) electrons. The number of anilines is 1. The monoisotopic (exact) mass is 260 g/mol. The molecule has 3 rings (SSSR count). The summed E-state index contributed by atoms with van der Waals surface area (Å²) in [4.78, 5) is 28.7. The standard InChI is InChI=1S/C13H16N4O2/c14-7-13(4-1-5-13)11(18)15-8-2-3-9-10(6-8)17-12(19)16-9/h2-3,6H,1,4-5,7,14H2,(H,15,18)(H2,16,17,19). The normalized spacial score (nSPS) is 17.1. The van der Waals surface area contributed by atoms with Crippen molar-refractivity contribution < 1.29 is 4.79 Å². The molecule has 1 aliphatic carbocycles. The minimum atomic E-state index is -0.402. The lowest BCUT2D eigenvalue weighted by Gasteiger charge is -2.39. The molecule has 6 nitrogen and oxygen atoms in total. The van der Waals surface area contributed by atoms with Gasteiger partial charge in [-0.05, 0) is 31.0 Å². The number of rotatable bonds is 3. The summed E-state index contributed by atoms with van der Waals surface area (Å²) in [7, 11) is 0. The van der Waals surface area contributed by atoms with E-state index in [-0.39, 0.29) is 11.6 Å². The van der Waals surface area contributed by atoms with E-state index in [1.165, 1.54) is 0 Å². The van der Waals surface area contributed by atoms with Gasteiger partial charge in [0, 0.05) is 12.2 Å². The summed E-state index contributed by atoms with van der Waals surface area (Å²) >= 11 is 0. The van der Waals surface area contributed by atoms with Crippen molar-refractivity contribution in [3.05, 3.63) is 28.7 Å². The van der Waals surface area contributed by atoms with E-state index in [1.54, 1.807) is 18.2 Å². The van der Waals surface area contributed by atoms with Crippen LogP contribution >= 0.6 is 0 Å². The van der Waals surface area contributed by atoms with E-state index in [0.29, 0.717) is 17.7 Å². The fourth-order valence-corrected chi connectivity index (χ4v) is 2.50. The van der Waals surface area contributed by atoms with Crippen LogP contribution < -0.4 is 16.7 Å². The van der Waals surface area contributed by atoms with Crippen molar-refractivity contribution in [2.24, 2.45) is 11.1 Å². The van der Waals surface area contributed by atoms with Gasteiger partial charge in [0.2, 0.25) is 5.91 Å². The number of carbonyl (C=O) groups excluding carboxylic acids is 1. The van der Waals surface area contributed by atoms with Crippen molar-refractivity contribution in [3.63, 3.8) is 0 Å². The third-order valence-corrected chi connectivity index (χ3v) is 3.96. The van der Waals surface area contributed by atoms with Gasteiger partial charge in [-0.1, -0.05) is 6.42 Å². The summed E-state index contributed by atoms with van der Waals surface area (Å²) in [5.74, 6) is -0.0292. The molecule has 0 bridgehead atoms. The zero-order valence-corrected chi connectivity index (χ0v) is 10.5. The summed E-state index contributed by atoms with van der Waals surface area (Å²) < 4.78 is 0. The summed E-state index contributed by atoms with van der Waals surface area (Å²) in [6.45, 7) is 0.377. The highest BCUT2D eigenvalue weighted by Crippen LogP contribution is 2.40. The second kappa shape index (κ2) is 4.24. The summed E-state index contributed by atoms with van der Waals surface area (Å²) in [5.41, 5.74) is 7.12. The van der Waals surface area contributed by atoms with E-state index in [1.807, 2.05) is 0 Å². The first kappa shape index (κ1) is 12.0. The van der Waals surface area contributed by atoms with Gasteiger partial charge in [-0.25, -0.2) is 4.79 Å². The predicted octanol–water partition coefficient (Wildman–Crippen LogP) is 0.924. The number of nitrogens with two attached hydrogens (primary N) is 1. The van der Waals surface area contributed by atoms with Gasteiger partial charge < -0.3 is 21.0 Å². The average molecular weight is 260 g/mol. The third-order valence-electron chi connectivity index (χ3n) is 3.96. The van der Waals surface area contributed by atoms with Crippen LogP contribution in [0.2, 0.25) is 0 Å². The van der Waals surface area contributed by atoms with E-state index >= 15 is 0 Å². The lowest BCUT2D eigenvalue weighted by molar-refractivity contribution is -0.129. The molecule has 0 spiro atoms. The van der Waals surface area contributed by atoms with Crippen LogP contribution in [0.1, 0.15) is 19.3 Å². The van der Waals surface area contributed by atoms with E-state index in [9.17, 15) is 9.59 Å². The highest BCUT2D eigenvalue weighted by molar-refractivity contribution is 5.97. The highest BCUT2D eigenvalue weighted by atomic mass is 16.2. The molecule has 0 unspecified atom stereocenters. The van der Waals surface area contributed by atoms with Gasteiger partial charge in [0.05, 0.1) is 16.4 Å². The number of carbonyl (C=O) groups is 1. The lowest BCUT2D eigenvalue weighted by Crippen LogP contribution is -2.47. The Bertz CT molecular complexity index is 676. The van der Waals surface area contributed by atoms with Gasteiger partial charge in [0.15, 0.2) is 0 Å². The Morgan fingerprint density at radius 1 is 1.32 bits per heavy atom. The smallest absolute Gasteiger partial charge is 0.323 e. The number of imidazole rings is 1. The summed E-state index contributed by atoms with van der Waals surface area (Å²) in [6.07, 6.45) is 2.74. The maximum atomic E-state index is 12.2. The molecule has 19 heavy (non-hydrogen) atoms. The van der Waals surface area contributed by atoms with Crippen LogP contribution in [0, 0.1) is 5.41 Å². The number of H-pyrrole nitrogens is 2. The number of amides is 1. The first-order valence-corrected chi connectivity index (χ1v) is 6.37. The van der Waals surface area contributed by atoms with E-state index < -0.39 is 5.41 Å². The molecule has 100 valence electrons. The molecule has 1 aliphatic rings. The van der Waals surface area contributed by atoms with Crippen molar-refractivity contribution in [3.8, 4) is 0 Å². The molecule has 0 aliphatic heterocycles. The minimum absolute atomic E-state index is 0.0292. The Balaban J connectivity index is 1.84. The van der Waals surface area contributed by atoms with Crippen LogP contribution in [0.5, 0.6) is 0 Å². The van der Waals surface area contributed by atoms with E-state index in [4.69, 9.17) is 5.73 Å². The highest BCUT2D eigenvalue weighted by Gasteiger charge is 2.42.